The molecule has 0 aliphatic carbocycles. The molecule has 1 spiro atoms. The highest BCUT2D eigenvalue weighted by atomic mass is 79.9. The van der Waals surface area contributed by atoms with E-state index in [1.165, 1.54) is 13.2 Å². The summed E-state index contributed by atoms with van der Waals surface area (Å²) in [5.74, 6) is -0.562. The number of benzene rings is 3. The lowest BCUT2D eigenvalue weighted by Crippen LogP contribution is -2.55. The smallest absolute Gasteiger partial charge is 0.256 e. The van der Waals surface area contributed by atoms with Gasteiger partial charge in [-0.2, -0.15) is 0 Å². The van der Waals surface area contributed by atoms with Crippen LogP contribution in [-0.4, -0.2) is 41.5 Å². The first kappa shape index (κ1) is 24.8. The van der Waals surface area contributed by atoms with Crippen LogP contribution in [0.1, 0.15) is 35.4 Å². The third-order valence-corrected chi connectivity index (χ3v) is 8.65. The van der Waals surface area contributed by atoms with Gasteiger partial charge in [-0.3, -0.25) is 19.8 Å². The normalized spacial score (nSPS) is 25.8. The number of rotatable bonds is 6. The molecule has 3 heterocycles. The van der Waals surface area contributed by atoms with Gasteiger partial charge in [0, 0.05) is 34.3 Å². The van der Waals surface area contributed by atoms with E-state index in [-0.39, 0.29) is 29.3 Å². The molecule has 0 saturated carbocycles. The average molecular weight is 582 g/mol. The van der Waals surface area contributed by atoms with Crippen molar-refractivity contribution in [1.82, 2.24) is 4.90 Å². The number of nitrogens with one attached hydrogen (secondary N) is 1. The average Bonchev–Trinajstić information content (AvgIpc) is 3.57. The second kappa shape index (κ2) is 9.36. The molecule has 1 amide bonds. The maximum atomic E-state index is 14.1. The predicted molar refractivity (Wildman–Crippen MR) is 141 cm³/mol. The molecule has 0 radical (unpaired) electrons. The Labute approximate surface area is 227 Å². The fourth-order valence-electron chi connectivity index (χ4n) is 6.61. The zero-order chi connectivity index (χ0) is 26.6. The summed E-state index contributed by atoms with van der Waals surface area (Å²) >= 11 is 3.56. The first-order valence-corrected chi connectivity index (χ1v) is 13.2. The lowest BCUT2D eigenvalue weighted by molar-refractivity contribution is -0.534. The minimum absolute atomic E-state index is 0.0155. The molecule has 4 atom stereocenters. The van der Waals surface area contributed by atoms with Gasteiger partial charge in [0.15, 0.2) is 17.0 Å². The van der Waals surface area contributed by atoms with E-state index in [1.54, 1.807) is 36.4 Å². The van der Waals surface area contributed by atoms with Crippen LogP contribution in [0, 0.1) is 15.9 Å². The van der Waals surface area contributed by atoms with Gasteiger partial charge in [-0.1, -0.05) is 36.4 Å². The van der Waals surface area contributed by atoms with Crippen molar-refractivity contribution < 1.29 is 23.6 Å². The maximum absolute atomic E-state index is 14.1. The van der Waals surface area contributed by atoms with Crippen molar-refractivity contribution in [2.45, 2.75) is 43.0 Å². The second-order valence-corrected chi connectivity index (χ2v) is 10.7. The quantitative estimate of drug-likeness (QED) is 0.316. The number of fused-ring (bicyclic) bond motifs is 4. The molecule has 8 nitrogen and oxygen atoms in total. The summed E-state index contributed by atoms with van der Waals surface area (Å²) in [7, 11) is 1.49. The largest absolute Gasteiger partial charge is 0.493 e. The zero-order valence-electron chi connectivity index (χ0n) is 20.5. The molecule has 2 fully saturated rings. The van der Waals surface area contributed by atoms with Gasteiger partial charge >= 0.3 is 0 Å². The molecule has 1 N–H and O–H groups in total. The molecule has 3 aliphatic rings. The van der Waals surface area contributed by atoms with Gasteiger partial charge in [-0.05, 0) is 58.6 Å². The minimum Gasteiger partial charge on any atom is -0.493 e. The van der Waals surface area contributed by atoms with Crippen LogP contribution in [0.3, 0.4) is 0 Å². The number of methoxy groups -OCH3 is 1. The highest BCUT2D eigenvalue weighted by Crippen LogP contribution is 2.58. The Morgan fingerprint density at radius 1 is 1.21 bits per heavy atom. The van der Waals surface area contributed by atoms with Gasteiger partial charge in [0.1, 0.15) is 12.4 Å². The van der Waals surface area contributed by atoms with E-state index < -0.39 is 17.5 Å². The molecule has 0 aromatic heterocycles. The van der Waals surface area contributed by atoms with Crippen LogP contribution in [0.5, 0.6) is 11.5 Å². The van der Waals surface area contributed by atoms with Gasteiger partial charge in [0.05, 0.1) is 17.5 Å². The number of hydrogen-bond acceptors (Lipinski definition) is 6. The van der Waals surface area contributed by atoms with Crippen molar-refractivity contribution in [3.8, 4) is 11.5 Å². The van der Waals surface area contributed by atoms with Crippen LogP contribution in [0.2, 0.25) is 0 Å². The van der Waals surface area contributed by atoms with Crippen molar-refractivity contribution in [2.24, 2.45) is 0 Å². The van der Waals surface area contributed by atoms with Crippen LogP contribution in [0.4, 0.5) is 10.1 Å². The number of halogens is 2. The summed E-state index contributed by atoms with van der Waals surface area (Å²) in [4.78, 5) is 28.2. The first-order chi connectivity index (χ1) is 18.4. The number of para-hydroxylation sites is 1. The Hall–Kier alpha value is -3.50. The lowest BCUT2D eigenvalue weighted by atomic mass is 9.77. The van der Waals surface area contributed by atoms with Crippen molar-refractivity contribution in [3.63, 3.8) is 0 Å². The van der Waals surface area contributed by atoms with Gasteiger partial charge in [0.2, 0.25) is 0 Å². The van der Waals surface area contributed by atoms with E-state index in [0.717, 1.165) is 12.8 Å². The van der Waals surface area contributed by atoms with Crippen molar-refractivity contribution in [1.29, 1.82) is 0 Å². The van der Waals surface area contributed by atoms with Gasteiger partial charge in [0.25, 0.3) is 11.9 Å². The zero-order valence-corrected chi connectivity index (χ0v) is 22.1. The molecule has 2 saturated heterocycles. The number of hydrogen-bond donors (Lipinski definition) is 1. The number of nitro groups is 1. The molecular weight excluding hydrogens is 557 g/mol. The Balaban J connectivity index is 1.44. The monoisotopic (exact) mass is 581 g/mol. The van der Waals surface area contributed by atoms with Crippen molar-refractivity contribution in [2.75, 3.05) is 19.0 Å². The Morgan fingerprint density at radius 2 is 1.97 bits per heavy atom. The highest BCUT2D eigenvalue weighted by Gasteiger charge is 2.73. The maximum Gasteiger partial charge on any atom is 0.256 e. The number of amides is 1. The summed E-state index contributed by atoms with van der Waals surface area (Å²) in [5, 5.41) is 15.7. The molecule has 0 bridgehead atoms. The standard InChI is InChI=1S/C28H25BrFN3O5/c1-37-23-14-17(13-19(29)25(23)38-15-16-7-2-4-9-20(16)30)24-22-11-6-12-32(22)28(26(24)33(35)36)18-8-3-5-10-21(18)31-27(28)34/h2-5,7-10,13-14,22,24,26H,6,11-12,15H2,1H3,(H,31,34)/t22-,24+,26+,28-/m0/s1. The van der Waals surface area contributed by atoms with E-state index in [1.807, 2.05) is 23.1 Å². The van der Waals surface area contributed by atoms with Crippen molar-refractivity contribution in [3.05, 3.63) is 97.8 Å². The molecule has 3 aromatic rings. The molecule has 38 heavy (non-hydrogen) atoms. The summed E-state index contributed by atoms with van der Waals surface area (Å²) in [6.45, 7) is 0.577. The van der Waals surface area contributed by atoms with Crippen LogP contribution in [-0.2, 0) is 16.9 Å². The van der Waals surface area contributed by atoms with Crippen LogP contribution in [0.25, 0.3) is 0 Å². The Kier molecular flexibility index (Phi) is 6.11. The number of nitrogens with zero attached hydrogens (tertiary/aromatic N) is 2. The lowest BCUT2D eigenvalue weighted by Gasteiger charge is -2.32. The summed E-state index contributed by atoms with van der Waals surface area (Å²) < 4.78 is 26.3. The van der Waals surface area contributed by atoms with Gasteiger partial charge < -0.3 is 14.8 Å². The summed E-state index contributed by atoms with van der Waals surface area (Å²) in [6, 6.07) is 15.7. The fourth-order valence-corrected chi connectivity index (χ4v) is 7.19. The Morgan fingerprint density at radius 3 is 2.74 bits per heavy atom. The number of carbonyl (C=O) groups is 1. The first-order valence-electron chi connectivity index (χ1n) is 12.4. The van der Waals surface area contributed by atoms with Crippen LogP contribution >= 0.6 is 15.9 Å². The second-order valence-electron chi connectivity index (χ2n) is 9.84. The summed E-state index contributed by atoms with van der Waals surface area (Å²) in [5.41, 5.74) is 0.943. The minimum atomic E-state index is -1.40. The fraction of sp³-hybridized carbons (Fsp3) is 0.321. The molecule has 3 aromatic carbocycles. The van der Waals surface area contributed by atoms with Gasteiger partial charge in [-0.15, -0.1) is 0 Å². The number of anilines is 1. The van der Waals surface area contributed by atoms with Crippen LogP contribution < -0.4 is 14.8 Å². The number of carbonyl (C=O) groups excluding carboxylic acids is 1. The van der Waals surface area contributed by atoms with E-state index in [2.05, 4.69) is 21.2 Å². The predicted octanol–water partition coefficient (Wildman–Crippen LogP) is 5.23. The molecule has 0 unspecified atom stereocenters. The number of ether oxygens (including phenoxy) is 2. The topological polar surface area (TPSA) is 93.9 Å². The Bertz CT molecular complexity index is 1450. The van der Waals surface area contributed by atoms with Crippen molar-refractivity contribution >= 4 is 27.5 Å². The molecule has 3 aliphatic heterocycles. The third kappa shape index (κ3) is 3.54. The van der Waals surface area contributed by atoms with E-state index >= 15 is 0 Å². The van der Waals surface area contributed by atoms with E-state index in [9.17, 15) is 19.3 Å². The van der Waals surface area contributed by atoms with E-state index in [4.69, 9.17) is 9.47 Å². The summed E-state index contributed by atoms with van der Waals surface area (Å²) in [6.07, 6.45) is 1.57. The third-order valence-electron chi connectivity index (χ3n) is 8.06. The molecule has 6 rings (SSSR count). The molecule has 196 valence electrons. The molecular formula is C28H25BrFN3O5. The SMILES string of the molecule is COc1cc([C@@H]2[C@@H]3CCCN3[C@]3(C(=O)Nc4ccccc43)[C@@H]2[N+](=O)[O-])cc(Br)c1OCc1ccccc1F. The highest BCUT2D eigenvalue weighted by molar-refractivity contribution is 9.10. The molecule has 10 heteroatoms. The van der Waals surface area contributed by atoms with E-state index in [0.29, 0.717) is 44.9 Å². The van der Waals surface area contributed by atoms with Gasteiger partial charge in [-0.25, -0.2) is 4.39 Å². The van der Waals surface area contributed by atoms with Crippen LogP contribution in [0.15, 0.2) is 65.1 Å².